The van der Waals surface area contributed by atoms with Gasteiger partial charge in [0, 0.05) is 13.2 Å². The van der Waals surface area contributed by atoms with Crippen LogP contribution in [0.4, 0.5) is 0 Å². The van der Waals surface area contributed by atoms with Gasteiger partial charge in [-0.3, -0.25) is 0 Å². The standard InChI is InChI=1S/C16H22O/c1-3-8-16(9-11-17-12-10-16)15-7-5-6-14(4-2)13-15/h4-7,13H,2-3,8-12H2,1H3. The van der Waals surface area contributed by atoms with Crippen molar-refractivity contribution in [3.63, 3.8) is 0 Å². The molecule has 1 nitrogen and oxygen atoms in total. The van der Waals surface area contributed by atoms with Crippen LogP contribution in [0.3, 0.4) is 0 Å². The third-order valence-corrected chi connectivity index (χ3v) is 3.91. The van der Waals surface area contributed by atoms with E-state index in [1.165, 1.54) is 24.0 Å². The van der Waals surface area contributed by atoms with Crippen molar-refractivity contribution < 1.29 is 4.74 Å². The maximum Gasteiger partial charge on any atom is 0.0474 e. The number of ether oxygens (including phenoxy) is 1. The van der Waals surface area contributed by atoms with E-state index < -0.39 is 0 Å². The van der Waals surface area contributed by atoms with E-state index in [2.05, 4.69) is 37.8 Å². The Labute approximate surface area is 104 Å². The summed E-state index contributed by atoms with van der Waals surface area (Å²) in [6, 6.07) is 8.84. The van der Waals surface area contributed by atoms with Crippen molar-refractivity contribution in [3.05, 3.63) is 42.0 Å². The van der Waals surface area contributed by atoms with Crippen LogP contribution in [0.2, 0.25) is 0 Å². The van der Waals surface area contributed by atoms with Gasteiger partial charge < -0.3 is 4.74 Å². The summed E-state index contributed by atoms with van der Waals surface area (Å²) >= 11 is 0. The van der Waals surface area contributed by atoms with E-state index in [0.29, 0.717) is 5.41 Å². The molecule has 0 aromatic heterocycles. The Bertz CT molecular complexity index is 369. The van der Waals surface area contributed by atoms with Gasteiger partial charge >= 0.3 is 0 Å². The van der Waals surface area contributed by atoms with Crippen LogP contribution in [0.25, 0.3) is 6.08 Å². The van der Waals surface area contributed by atoms with Crippen molar-refractivity contribution in [1.29, 1.82) is 0 Å². The third kappa shape index (κ3) is 2.61. The SMILES string of the molecule is C=Cc1cccc(C2(CCC)CCOCC2)c1. The smallest absolute Gasteiger partial charge is 0.0474 e. The fourth-order valence-electron chi connectivity index (χ4n) is 2.92. The Morgan fingerprint density at radius 2 is 2.12 bits per heavy atom. The second-order valence-electron chi connectivity index (χ2n) is 4.97. The molecule has 1 heteroatoms. The highest BCUT2D eigenvalue weighted by Gasteiger charge is 2.33. The van der Waals surface area contributed by atoms with Crippen molar-refractivity contribution in [2.75, 3.05) is 13.2 Å². The molecule has 1 heterocycles. The minimum atomic E-state index is 0.339. The van der Waals surface area contributed by atoms with Crippen LogP contribution >= 0.6 is 0 Å². The Hall–Kier alpha value is -1.08. The van der Waals surface area contributed by atoms with Gasteiger partial charge in [0.15, 0.2) is 0 Å². The van der Waals surface area contributed by atoms with Gasteiger partial charge in [-0.25, -0.2) is 0 Å². The molecule has 1 aliphatic heterocycles. The maximum absolute atomic E-state index is 5.53. The van der Waals surface area contributed by atoms with E-state index in [4.69, 9.17) is 4.74 Å². The zero-order valence-corrected chi connectivity index (χ0v) is 10.7. The normalized spacial score (nSPS) is 18.9. The molecule has 17 heavy (non-hydrogen) atoms. The fourth-order valence-corrected chi connectivity index (χ4v) is 2.92. The minimum absolute atomic E-state index is 0.339. The minimum Gasteiger partial charge on any atom is -0.381 e. The van der Waals surface area contributed by atoms with Crippen LogP contribution in [0.1, 0.15) is 43.7 Å². The predicted octanol–water partition coefficient (Wildman–Crippen LogP) is 4.18. The van der Waals surface area contributed by atoms with Crippen LogP contribution in [0.15, 0.2) is 30.8 Å². The summed E-state index contributed by atoms with van der Waals surface area (Å²) < 4.78 is 5.53. The Morgan fingerprint density at radius 3 is 2.76 bits per heavy atom. The molecule has 1 fully saturated rings. The van der Waals surface area contributed by atoms with Gasteiger partial charge in [0.05, 0.1) is 0 Å². The van der Waals surface area contributed by atoms with E-state index >= 15 is 0 Å². The number of rotatable bonds is 4. The molecule has 1 aromatic carbocycles. The summed E-state index contributed by atoms with van der Waals surface area (Å²) in [5, 5.41) is 0. The molecular weight excluding hydrogens is 208 g/mol. The molecule has 0 unspecified atom stereocenters. The van der Waals surface area contributed by atoms with Crippen molar-refractivity contribution in [2.45, 2.75) is 38.0 Å². The first-order chi connectivity index (χ1) is 8.30. The van der Waals surface area contributed by atoms with Crippen molar-refractivity contribution in [1.82, 2.24) is 0 Å². The average molecular weight is 230 g/mol. The third-order valence-electron chi connectivity index (χ3n) is 3.91. The summed E-state index contributed by atoms with van der Waals surface area (Å²) in [7, 11) is 0. The fraction of sp³-hybridized carbons (Fsp3) is 0.500. The number of hydrogen-bond donors (Lipinski definition) is 0. The summed E-state index contributed by atoms with van der Waals surface area (Å²) in [6.45, 7) is 7.94. The molecular formula is C16H22O. The van der Waals surface area contributed by atoms with Gasteiger partial charge in [0.25, 0.3) is 0 Å². The maximum atomic E-state index is 5.53. The van der Waals surface area contributed by atoms with E-state index in [1.807, 2.05) is 6.08 Å². The van der Waals surface area contributed by atoms with Gasteiger partial charge in [0.1, 0.15) is 0 Å². The topological polar surface area (TPSA) is 9.23 Å². The summed E-state index contributed by atoms with van der Waals surface area (Å²) in [5.41, 5.74) is 3.04. The molecule has 0 saturated carbocycles. The first kappa shape index (κ1) is 12.4. The highest BCUT2D eigenvalue weighted by molar-refractivity contribution is 5.49. The van der Waals surface area contributed by atoms with E-state index in [1.54, 1.807) is 0 Å². The highest BCUT2D eigenvalue weighted by atomic mass is 16.5. The molecule has 0 aliphatic carbocycles. The molecule has 0 N–H and O–H groups in total. The predicted molar refractivity (Wildman–Crippen MR) is 73.2 cm³/mol. The monoisotopic (exact) mass is 230 g/mol. The van der Waals surface area contributed by atoms with Gasteiger partial charge in [-0.15, -0.1) is 0 Å². The quantitative estimate of drug-likeness (QED) is 0.754. The lowest BCUT2D eigenvalue weighted by atomic mass is 9.71. The number of benzene rings is 1. The average Bonchev–Trinajstić information content (AvgIpc) is 2.40. The number of hydrogen-bond acceptors (Lipinski definition) is 1. The lowest BCUT2D eigenvalue weighted by Gasteiger charge is -2.38. The van der Waals surface area contributed by atoms with Crippen molar-refractivity contribution in [3.8, 4) is 0 Å². The highest BCUT2D eigenvalue weighted by Crippen LogP contribution is 2.39. The van der Waals surface area contributed by atoms with E-state index in [-0.39, 0.29) is 0 Å². The van der Waals surface area contributed by atoms with Crippen molar-refractivity contribution in [2.24, 2.45) is 0 Å². The molecule has 1 aromatic rings. The summed E-state index contributed by atoms with van der Waals surface area (Å²) in [4.78, 5) is 0. The summed E-state index contributed by atoms with van der Waals surface area (Å²) in [6.07, 6.45) is 6.74. The van der Waals surface area contributed by atoms with E-state index in [0.717, 1.165) is 26.1 Å². The zero-order valence-electron chi connectivity index (χ0n) is 10.7. The molecule has 1 saturated heterocycles. The molecule has 0 spiro atoms. The molecule has 2 rings (SSSR count). The second kappa shape index (κ2) is 5.50. The van der Waals surface area contributed by atoms with Crippen LogP contribution in [-0.2, 0) is 10.2 Å². The Kier molecular flexibility index (Phi) is 4.01. The van der Waals surface area contributed by atoms with Gasteiger partial charge in [0.2, 0.25) is 0 Å². The lowest BCUT2D eigenvalue weighted by Crippen LogP contribution is -2.33. The van der Waals surface area contributed by atoms with Crippen LogP contribution < -0.4 is 0 Å². The van der Waals surface area contributed by atoms with Crippen LogP contribution in [-0.4, -0.2) is 13.2 Å². The molecule has 0 radical (unpaired) electrons. The summed E-state index contributed by atoms with van der Waals surface area (Å²) in [5.74, 6) is 0. The lowest BCUT2D eigenvalue weighted by molar-refractivity contribution is 0.0465. The van der Waals surface area contributed by atoms with Crippen molar-refractivity contribution >= 4 is 6.08 Å². The van der Waals surface area contributed by atoms with E-state index in [9.17, 15) is 0 Å². The zero-order chi connectivity index (χ0) is 12.1. The Balaban J connectivity index is 2.33. The Morgan fingerprint density at radius 1 is 1.35 bits per heavy atom. The largest absolute Gasteiger partial charge is 0.381 e. The van der Waals surface area contributed by atoms with Gasteiger partial charge in [-0.2, -0.15) is 0 Å². The van der Waals surface area contributed by atoms with Crippen LogP contribution in [0.5, 0.6) is 0 Å². The molecule has 0 bridgehead atoms. The molecule has 1 aliphatic rings. The van der Waals surface area contributed by atoms with Gasteiger partial charge in [-0.05, 0) is 35.8 Å². The first-order valence-corrected chi connectivity index (χ1v) is 6.61. The molecule has 92 valence electrons. The van der Waals surface area contributed by atoms with Gasteiger partial charge in [-0.1, -0.05) is 50.3 Å². The molecule has 0 atom stereocenters. The van der Waals surface area contributed by atoms with Crippen LogP contribution in [0, 0.1) is 0 Å². The molecule has 0 amide bonds. The first-order valence-electron chi connectivity index (χ1n) is 6.61. The second-order valence-corrected chi connectivity index (χ2v) is 4.97.